The van der Waals surface area contributed by atoms with E-state index in [1.807, 2.05) is 0 Å². The number of aromatic nitrogens is 2. The molecular weight excluding hydrogens is 374 g/mol. The SMILES string of the molecule is O=C(Nc1c(-c2ccc(C(F)(F)F)cc2)n[nH]c1C1CC1)c1ccc(F)cc1. The molecule has 1 saturated carbocycles. The summed E-state index contributed by atoms with van der Waals surface area (Å²) in [6, 6.07) is 9.69. The van der Waals surface area contributed by atoms with Crippen molar-refractivity contribution in [1.29, 1.82) is 0 Å². The lowest BCUT2D eigenvalue weighted by atomic mass is 10.1. The third-order valence-electron chi connectivity index (χ3n) is 4.61. The first-order valence-electron chi connectivity index (χ1n) is 8.66. The fourth-order valence-corrected chi connectivity index (χ4v) is 2.96. The van der Waals surface area contributed by atoms with E-state index in [4.69, 9.17) is 0 Å². The number of rotatable bonds is 4. The fraction of sp³-hybridized carbons (Fsp3) is 0.200. The number of nitrogens with zero attached hydrogens (tertiary/aromatic N) is 1. The number of halogens is 4. The Morgan fingerprint density at radius 1 is 1.04 bits per heavy atom. The summed E-state index contributed by atoms with van der Waals surface area (Å²) in [5.74, 6) is -0.681. The number of H-pyrrole nitrogens is 1. The predicted octanol–water partition coefficient (Wildman–Crippen LogP) is 5.36. The molecule has 1 heterocycles. The number of hydrogen-bond acceptors (Lipinski definition) is 2. The maximum Gasteiger partial charge on any atom is 0.416 e. The number of carbonyl (C=O) groups is 1. The predicted molar refractivity (Wildman–Crippen MR) is 95.4 cm³/mol. The van der Waals surface area contributed by atoms with E-state index in [2.05, 4.69) is 15.5 Å². The van der Waals surface area contributed by atoms with Crippen LogP contribution in [0.1, 0.15) is 40.4 Å². The minimum Gasteiger partial charge on any atom is -0.319 e. The van der Waals surface area contributed by atoms with E-state index < -0.39 is 23.5 Å². The number of carbonyl (C=O) groups excluding carboxylic acids is 1. The van der Waals surface area contributed by atoms with E-state index in [0.29, 0.717) is 16.9 Å². The van der Waals surface area contributed by atoms with Gasteiger partial charge >= 0.3 is 6.18 Å². The van der Waals surface area contributed by atoms with Gasteiger partial charge in [-0.1, -0.05) is 12.1 Å². The number of benzene rings is 2. The van der Waals surface area contributed by atoms with Gasteiger partial charge in [0.05, 0.1) is 16.9 Å². The Morgan fingerprint density at radius 3 is 2.25 bits per heavy atom. The molecule has 0 unspecified atom stereocenters. The third kappa shape index (κ3) is 3.62. The second-order valence-corrected chi connectivity index (χ2v) is 6.67. The van der Waals surface area contributed by atoms with Crippen LogP contribution in [0.4, 0.5) is 23.2 Å². The molecule has 1 aromatic heterocycles. The lowest BCUT2D eigenvalue weighted by molar-refractivity contribution is -0.137. The van der Waals surface area contributed by atoms with E-state index in [9.17, 15) is 22.4 Å². The van der Waals surface area contributed by atoms with Gasteiger partial charge in [0.2, 0.25) is 0 Å². The zero-order valence-corrected chi connectivity index (χ0v) is 14.5. The first-order valence-corrected chi connectivity index (χ1v) is 8.66. The molecule has 1 fully saturated rings. The molecule has 2 aromatic carbocycles. The molecule has 0 aliphatic heterocycles. The summed E-state index contributed by atoms with van der Waals surface area (Å²) in [5, 5.41) is 9.90. The third-order valence-corrected chi connectivity index (χ3v) is 4.61. The van der Waals surface area contributed by atoms with Crippen molar-refractivity contribution >= 4 is 11.6 Å². The van der Waals surface area contributed by atoms with Crippen LogP contribution in [-0.4, -0.2) is 16.1 Å². The Balaban J connectivity index is 1.67. The van der Waals surface area contributed by atoms with Gasteiger partial charge in [-0.15, -0.1) is 0 Å². The number of alkyl halides is 3. The molecule has 0 bridgehead atoms. The summed E-state index contributed by atoms with van der Waals surface area (Å²) in [6.45, 7) is 0. The number of nitrogens with one attached hydrogen (secondary N) is 2. The highest BCUT2D eigenvalue weighted by atomic mass is 19.4. The summed E-state index contributed by atoms with van der Waals surface area (Å²) in [5.41, 5.74) is 1.51. The van der Waals surface area contributed by atoms with Crippen LogP contribution in [0.25, 0.3) is 11.3 Å². The number of hydrogen-bond donors (Lipinski definition) is 2. The summed E-state index contributed by atoms with van der Waals surface area (Å²) >= 11 is 0. The molecule has 0 atom stereocenters. The molecule has 8 heteroatoms. The maximum atomic E-state index is 13.1. The second-order valence-electron chi connectivity index (χ2n) is 6.67. The van der Waals surface area contributed by atoms with Gasteiger partial charge in [-0.3, -0.25) is 9.89 Å². The highest BCUT2D eigenvalue weighted by molar-refractivity contribution is 6.06. The smallest absolute Gasteiger partial charge is 0.319 e. The Labute approximate surface area is 157 Å². The van der Waals surface area contributed by atoms with Gasteiger partial charge in [0.15, 0.2) is 0 Å². The quantitative estimate of drug-likeness (QED) is 0.590. The van der Waals surface area contributed by atoms with Gasteiger partial charge in [-0.2, -0.15) is 18.3 Å². The molecular formula is C20H15F4N3O. The lowest BCUT2D eigenvalue weighted by Crippen LogP contribution is -2.13. The van der Waals surface area contributed by atoms with E-state index in [0.717, 1.165) is 30.7 Å². The Bertz CT molecular complexity index is 1000. The molecule has 2 N–H and O–H groups in total. The lowest BCUT2D eigenvalue weighted by Gasteiger charge is -2.10. The minimum absolute atomic E-state index is 0.221. The molecule has 1 aliphatic rings. The number of anilines is 1. The van der Waals surface area contributed by atoms with Crippen LogP contribution in [0.3, 0.4) is 0 Å². The summed E-state index contributed by atoms with van der Waals surface area (Å²) in [4.78, 5) is 12.6. The van der Waals surface area contributed by atoms with Crippen LogP contribution in [-0.2, 0) is 6.18 Å². The van der Waals surface area contributed by atoms with Crippen LogP contribution < -0.4 is 5.32 Å². The molecule has 0 saturated heterocycles. The summed E-state index contributed by atoms with van der Waals surface area (Å²) in [6.07, 6.45) is -2.55. The summed E-state index contributed by atoms with van der Waals surface area (Å²) in [7, 11) is 0. The normalized spacial score (nSPS) is 14.1. The molecule has 4 rings (SSSR count). The van der Waals surface area contributed by atoms with E-state index in [1.165, 1.54) is 36.4 Å². The molecule has 144 valence electrons. The van der Waals surface area contributed by atoms with Crippen LogP contribution in [0.2, 0.25) is 0 Å². The summed E-state index contributed by atoms with van der Waals surface area (Å²) < 4.78 is 51.5. The first kappa shape index (κ1) is 18.2. The highest BCUT2D eigenvalue weighted by Crippen LogP contribution is 2.45. The second kappa shape index (κ2) is 6.78. The molecule has 28 heavy (non-hydrogen) atoms. The van der Waals surface area contributed by atoms with Gasteiger partial charge in [-0.25, -0.2) is 4.39 Å². The van der Waals surface area contributed by atoms with Crippen molar-refractivity contribution in [3.8, 4) is 11.3 Å². The van der Waals surface area contributed by atoms with Gasteiger partial charge in [0.25, 0.3) is 5.91 Å². The average Bonchev–Trinajstić information content (AvgIpc) is 3.42. The molecule has 1 amide bonds. The van der Waals surface area contributed by atoms with Crippen LogP contribution >= 0.6 is 0 Å². The molecule has 3 aromatic rings. The zero-order chi connectivity index (χ0) is 19.9. The topological polar surface area (TPSA) is 57.8 Å². The molecule has 4 nitrogen and oxygen atoms in total. The van der Waals surface area contributed by atoms with Crippen molar-refractivity contribution in [2.24, 2.45) is 0 Å². The van der Waals surface area contributed by atoms with Gasteiger partial charge in [0.1, 0.15) is 11.5 Å². The number of aromatic amines is 1. The van der Waals surface area contributed by atoms with Crippen molar-refractivity contribution < 1.29 is 22.4 Å². The Morgan fingerprint density at radius 2 is 1.68 bits per heavy atom. The van der Waals surface area contributed by atoms with E-state index >= 15 is 0 Å². The fourth-order valence-electron chi connectivity index (χ4n) is 2.96. The van der Waals surface area contributed by atoms with E-state index in [-0.39, 0.29) is 11.5 Å². The van der Waals surface area contributed by atoms with Gasteiger partial charge in [0, 0.05) is 17.0 Å². The first-order chi connectivity index (χ1) is 13.3. The van der Waals surface area contributed by atoms with Gasteiger partial charge < -0.3 is 5.32 Å². The van der Waals surface area contributed by atoms with Crippen molar-refractivity contribution in [2.75, 3.05) is 5.32 Å². The maximum absolute atomic E-state index is 13.1. The average molecular weight is 389 g/mol. The standard InChI is InChI=1S/C20H15F4N3O/c21-15-9-5-13(6-10-15)19(28)25-18-16(11-1-2-11)26-27-17(18)12-3-7-14(8-4-12)20(22,23)24/h3-11H,1-2H2,(H,25,28)(H,26,27). The molecule has 0 spiro atoms. The van der Waals surface area contributed by atoms with Crippen molar-refractivity contribution in [1.82, 2.24) is 10.2 Å². The monoisotopic (exact) mass is 389 g/mol. The molecule has 0 radical (unpaired) electrons. The Hall–Kier alpha value is -3.16. The van der Waals surface area contributed by atoms with E-state index in [1.54, 1.807) is 0 Å². The highest BCUT2D eigenvalue weighted by Gasteiger charge is 2.32. The van der Waals surface area contributed by atoms with Crippen LogP contribution in [0, 0.1) is 5.82 Å². The van der Waals surface area contributed by atoms with Crippen molar-refractivity contribution in [3.63, 3.8) is 0 Å². The van der Waals surface area contributed by atoms with Gasteiger partial charge in [-0.05, 0) is 49.2 Å². The largest absolute Gasteiger partial charge is 0.416 e. The zero-order valence-electron chi connectivity index (χ0n) is 14.5. The van der Waals surface area contributed by atoms with Crippen molar-refractivity contribution in [2.45, 2.75) is 24.9 Å². The number of amides is 1. The van der Waals surface area contributed by atoms with Crippen molar-refractivity contribution in [3.05, 3.63) is 71.2 Å². The van der Waals surface area contributed by atoms with Crippen LogP contribution in [0.5, 0.6) is 0 Å². The van der Waals surface area contributed by atoms with Crippen LogP contribution in [0.15, 0.2) is 48.5 Å². The molecule has 1 aliphatic carbocycles. The Kier molecular flexibility index (Phi) is 4.41. The minimum atomic E-state index is -4.43.